The number of benzene rings is 1. The molecule has 0 radical (unpaired) electrons. The third-order valence-electron chi connectivity index (χ3n) is 1.78. The van der Waals surface area contributed by atoms with E-state index in [1.807, 2.05) is 0 Å². The summed E-state index contributed by atoms with van der Waals surface area (Å²) >= 11 is 3.87. The molecule has 0 nitrogen and oxygen atoms in total. The monoisotopic (exact) mass is 224 g/mol. The van der Waals surface area contributed by atoms with Gasteiger partial charge in [0.1, 0.15) is 0 Å². The number of halogens is 4. The van der Waals surface area contributed by atoms with E-state index in [0.29, 0.717) is 18.2 Å². The molecule has 14 heavy (non-hydrogen) atoms. The quantitative estimate of drug-likeness (QED) is 0.347. The highest BCUT2D eigenvalue weighted by Crippen LogP contribution is 2.19. The molecule has 0 unspecified atom stereocenters. The van der Waals surface area contributed by atoms with Crippen molar-refractivity contribution >= 4 is 12.6 Å². The van der Waals surface area contributed by atoms with Crippen molar-refractivity contribution in [2.45, 2.75) is 12.8 Å². The third-order valence-corrected chi connectivity index (χ3v) is 2.10. The van der Waals surface area contributed by atoms with Gasteiger partial charge in [0.05, 0.1) is 0 Å². The van der Waals surface area contributed by atoms with E-state index in [-0.39, 0.29) is 12.0 Å². The van der Waals surface area contributed by atoms with Crippen molar-refractivity contribution in [3.8, 4) is 0 Å². The first-order chi connectivity index (χ1) is 6.57. The van der Waals surface area contributed by atoms with E-state index < -0.39 is 23.3 Å². The van der Waals surface area contributed by atoms with Gasteiger partial charge in [0.25, 0.3) is 0 Å². The second kappa shape index (κ2) is 4.68. The Morgan fingerprint density at radius 2 is 1.64 bits per heavy atom. The van der Waals surface area contributed by atoms with Gasteiger partial charge in [-0.15, -0.1) is 0 Å². The fraction of sp³-hybridized carbons (Fsp3) is 0.333. The van der Waals surface area contributed by atoms with Crippen LogP contribution in [-0.2, 0) is 6.42 Å². The van der Waals surface area contributed by atoms with E-state index in [9.17, 15) is 17.6 Å². The van der Waals surface area contributed by atoms with Crippen molar-refractivity contribution in [3.63, 3.8) is 0 Å². The highest BCUT2D eigenvalue weighted by molar-refractivity contribution is 7.80. The van der Waals surface area contributed by atoms with Crippen LogP contribution in [0, 0.1) is 23.3 Å². The number of hydrogen-bond acceptors (Lipinski definition) is 1. The maximum Gasteiger partial charge on any atom is 0.197 e. The lowest BCUT2D eigenvalue weighted by Gasteiger charge is -2.04. The molecular weight excluding hydrogens is 216 g/mol. The Hall–Kier alpha value is -0.710. The van der Waals surface area contributed by atoms with Crippen LogP contribution in [0.25, 0.3) is 0 Å². The molecule has 0 saturated carbocycles. The second-order valence-electron chi connectivity index (χ2n) is 2.79. The van der Waals surface area contributed by atoms with Crippen LogP contribution >= 0.6 is 12.6 Å². The van der Waals surface area contributed by atoms with E-state index in [2.05, 4.69) is 12.6 Å². The van der Waals surface area contributed by atoms with E-state index in [1.54, 1.807) is 0 Å². The predicted molar refractivity (Wildman–Crippen MR) is 48.4 cm³/mol. The smallest absolute Gasteiger partial charge is 0.197 e. The molecule has 1 rings (SSSR count). The molecule has 1 aromatic rings. The summed E-state index contributed by atoms with van der Waals surface area (Å²) in [5, 5.41) is 0. The Kier molecular flexibility index (Phi) is 3.80. The van der Waals surface area contributed by atoms with Crippen LogP contribution < -0.4 is 0 Å². The summed E-state index contributed by atoms with van der Waals surface area (Å²) in [7, 11) is 0. The Labute approximate surface area is 84.3 Å². The topological polar surface area (TPSA) is 0 Å². The van der Waals surface area contributed by atoms with Gasteiger partial charge in [-0.2, -0.15) is 12.6 Å². The van der Waals surface area contributed by atoms with E-state index in [0.717, 1.165) is 0 Å². The zero-order valence-electron chi connectivity index (χ0n) is 7.16. The summed E-state index contributed by atoms with van der Waals surface area (Å²) in [6, 6.07) is 0.678. The van der Waals surface area contributed by atoms with Crippen molar-refractivity contribution in [1.82, 2.24) is 0 Å². The standard InChI is InChI=1S/C9H8F4S/c10-6-4-5(2-1-3-14)7(11)9(13)8(6)12/h4,14H,1-3H2. The van der Waals surface area contributed by atoms with Gasteiger partial charge in [0, 0.05) is 0 Å². The predicted octanol–water partition coefficient (Wildman–Crippen LogP) is 3.11. The average molecular weight is 224 g/mol. The SMILES string of the molecule is Fc1cc(CCCS)c(F)c(F)c1F. The van der Waals surface area contributed by atoms with Crippen molar-refractivity contribution < 1.29 is 17.6 Å². The van der Waals surface area contributed by atoms with Gasteiger partial charge >= 0.3 is 0 Å². The van der Waals surface area contributed by atoms with Crippen LogP contribution in [0.3, 0.4) is 0 Å². The Morgan fingerprint density at radius 1 is 1.00 bits per heavy atom. The minimum absolute atomic E-state index is 0.142. The summed E-state index contributed by atoms with van der Waals surface area (Å²) < 4.78 is 50.8. The number of hydrogen-bond donors (Lipinski definition) is 1. The zero-order chi connectivity index (χ0) is 10.7. The molecule has 78 valence electrons. The minimum Gasteiger partial charge on any atom is -0.204 e. The largest absolute Gasteiger partial charge is 0.204 e. The fourth-order valence-corrected chi connectivity index (χ4v) is 1.23. The van der Waals surface area contributed by atoms with Gasteiger partial charge in [-0.25, -0.2) is 17.6 Å². The van der Waals surface area contributed by atoms with Gasteiger partial charge < -0.3 is 0 Å². The summed E-state index contributed by atoms with van der Waals surface area (Å²) in [4.78, 5) is 0. The molecule has 0 bridgehead atoms. The van der Waals surface area contributed by atoms with Gasteiger partial charge in [-0.1, -0.05) is 0 Å². The molecule has 1 aromatic carbocycles. The lowest BCUT2D eigenvalue weighted by atomic mass is 10.1. The minimum atomic E-state index is -1.77. The number of thiol groups is 1. The third kappa shape index (κ3) is 2.20. The van der Waals surface area contributed by atoms with Crippen LogP contribution in [0.4, 0.5) is 17.6 Å². The maximum atomic E-state index is 13.0. The maximum absolute atomic E-state index is 13.0. The molecule has 0 spiro atoms. The molecule has 0 atom stereocenters. The molecule has 0 heterocycles. The summed E-state index contributed by atoms with van der Waals surface area (Å²) in [5.41, 5.74) is -0.157. The fourth-order valence-electron chi connectivity index (χ4n) is 1.07. The first-order valence-electron chi connectivity index (χ1n) is 4.00. The van der Waals surface area contributed by atoms with Crippen molar-refractivity contribution in [3.05, 3.63) is 34.9 Å². The first-order valence-corrected chi connectivity index (χ1v) is 4.64. The normalized spacial score (nSPS) is 10.6. The van der Waals surface area contributed by atoms with Gasteiger partial charge in [0.15, 0.2) is 23.3 Å². The first kappa shape index (κ1) is 11.4. The Balaban J connectivity index is 3.06. The van der Waals surface area contributed by atoms with E-state index in [1.165, 1.54) is 0 Å². The molecule has 0 aliphatic rings. The lowest BCUT2D eigenvalue weighted by molar-refractivity contribution is 0.403. The molecule has 0 amide bonds. The van der Waals surface area contributed by atoms with Crippen LogP contribution in [0.1, 0.15) is 12.0 Å². The number of aryl methyl sites for hydroxylation is 1. The van der Waals surface area contributed by atoms with Crippen molar-refractivity contribution in [1.29, 1.82) is 0 Å². The van der Waals surface area contributed by atoms with E-state index >= 15 is 0 Å². The molecule has 0 fully saturated rings. The van der Waals surface area contributed by atoms with Crippen molar-refractivity contribution in [2.75, 3.05) is 5.75 Å². The van der Waals surface area contributed by atoms with Crippen LogP contribution in [0.5, 0.6) is 0 Å². The zero-order valence-corrected chi connectivity index (χ0v) is 8.05. The Morgan fingerprint density at radius 3 is 2.21 bits per heavy atom. The average Bonchev–Trinajstić information content (AvgIpc) is 2.18. The summed E-state index contributed by atoms with van der Waals surface area (Å²) in [5.74, 6) is -5.72. The summed E-state index contributed by atoms with van der Waals surface area (Å²) in [6.07, 6.45) is 0.619. The molecule has 0 aromatic heterocycles. The summed E-state index contributed by atoms with van der Waals surface area (Å²) in [6.45, 7) is 0. The highest BCUT2D eigenvalue weighted by atomic mass is 32.1. The van der Waals surface area contributed by atoms with Crippen LogP contribution in [0.2, 0.25) is 0 Å². The Bertz CT molecular complexity index is 338. The van der Waals surface area contributed by atoms with E-state index in [4.69, 9.17) is 0 Å². The molecule has 5 heteroatoms. The van der Waals surface area contributed by atoms with Gasteiger partial charge in [0.2, 0.25) is 0 Å². The molecular formula is C9H8F4S. The van der Waals surface area contributed by atoms with Gasteiger partial charge in [-0.3, -0.25) is 0 Å². The molecule has 0 saturated heterocycles. The highest BCUT2D eigenvalue weighted by Gasteiger charge is 2.17. The lowest BCUT2D eigenvalue weighted by Crippen LogP contribution is -2.01. The van der Waals surface area contributed by atoms with Crippen LogP contribution in [-0.4, -0.2) is 5.75 Å². The molecule has 0 N–H and O–H groups in total. The number of rotatable bonds is 3. The molecule has 0 aliphatic carbocycles. The second-order valence-corrected chi connectivity index (χ2v) is 3.23. The molecule has 0 aliphatic heterocycles. The van der Waals surface area contributed by atoms with Crippen molar-refractivity contribution in [2.24, 2.45) is 0 Å². The van der Waals surface area contributed by atoms with Gasteiger partial charge in [-0.05, 0) is 30.2 Å². The van der Waals surface area contributed by atoms with Crippen LogP contribution in [0.15, 0.2) is 6.07 Å².